The highest BCUT2D eigenvalue weighted by atomic mass is 16.4. The third-order valence-corrected chi connectivity index (χ3v) is 4.02. The molecular formula is C17H17N5O3. The number of anilines is 1. The third-order valence-electron chi connectivity index (χ3n) is 4.02. The number of aromatic nitrogens is 2. The van der Waals surface area contributed by atoms with Crippen LogP contribution >= 0.6 is 0 Å². The Labute approximate surface area is 143 Å². The highest BCUT2D eigenvalue weighted by Crippen LogP contribution is 2.37. The summed E-state index contributed by atoms with van der Waals surface area (Å²) in [6.07, 6.45) is 8.89. The van der Waals surface area contributed by atoms with Crippen LogP contribution in [0.25, 0.3) is 10.9 Å². The van der Waals surface area contributed by atoms with Crippen LogP contribution in [0.3, 0.4) is 0 Å². The summed E-state index contributed by atoms with van der Waals surface area (Å²) in [5, 5.41) is 24.6. The Balaban J connectivity index is 1.61. The molecule has 3 rings (SSSR count). The van der Waals surface area contributed by atoms with E-state index in [4.69, 9.17) is 11.5 Å². The molecule has 0 atom stereocenters. The van der Waals surface area contributed by atoms with E-state index in [0.717, 1.165) is 5.39 Å². The molecule has 2 aromatic rings. The second kappa shape index (κ2) is 6.73. The maximum absolute atomic E-state index is 12.1. The number of hydrogen-bond donors (Lipinski definition) is 2. The van der Waals surface area contributed by atoms with Gasteiger partial charge < -0.3 is 10.4 Å². The fraction of sp³-hybridized carbons (Fsp3) is 0.353. The molecule has 8 heteroatoms. The van der Waals surface area contributed by atoms with Crippen molar-refractivity contribution in [2.24, 2.45) is 10.2 Å². The average molecular weight is 339 g/mol. The van der Waals surface area contributed by atoms with Crippen molar-refractivity contribution in [2.45, 2.75) is 37.9 Å². The van der Waals surface area contributed by atoms with Gasteiger partial charge in [0.25, 0.3) is 0 Å². The van der Waals surface area contributed by atoms with E-state index in [1.165, 1.54) is 4.68 Å². The molecule has 1 aromatic heterocycles. The number of hydrogen-bond acceptors (Lipinski definition) is 5. The molecule has 0 fully saturated rings. The maximum Gasteiger partial charge on any atom is 0.325 e. The van der Waals surface area contributed by atoms with Gasteiger partial charge in [-0.2, -0.15) is 15.3 Å². The number of amides is 1. The number of fused-ring (bicyclic) bond motifs is 1. The lowest BCUT2D eigenvalue weighted by Crippen LogP contribution is -2.17. The highest BCUT2D eigenvalue weighted by Gasteiger charge is 2.39. The smallest absolute Gasteiger partial charge is 0.325 e. The minimum absolute atomic E-state index is 0.152. The zero-order valence-corrected chi connectivity index (χ0v) is 13.5. The number of terminal acetylenes is 1. The Morgan fingerprint density at radius 2 is 2.12 bits per heavy atom. The van der Waals surface area contributed by atoms with E-state index in [2.05, 4.69) is 26.6 Å². The molecule has 25 heavy (non-hydrogen) atoms. The molecule has 2 heterocycles. The lowest BCUT2D eigenvalue weighted by Gasteiger charge is -2.09. The third kappa shape index (κ3) is 4.01. The van der Waals surface area contributed by atoms with Crippen LogP contribution in [0.5, 0.6) is 0 Å². The molecule has 0 spiro atoms. The first-order chi connectivity index (χ1) is 12.0. The van der Waals surface area contributed by atoms with E-state index in [9.17, 15) is 9.59 Å². The van der Waals surface area contributed by atoms with E-state index in [0.29, 0.717) is 30.5 Å². The van der Waals surface area contributed by atoms with E-state index in [-0.39, 0.29) is 18.9 Å². The Kier molecular flexibility index (Phi) is 4.48. The van der Waals surface area contributed by atoms with Gasteiger partial charge >= 0.3 is 5.97 Å². The number of carboxylic acid groups (broad SMARTS) is 1. The van der Waals surface area contributed by atoms with Crippen molar-refractivity contribution in [3.63, 3.8) is 0 Å². The van der Waals surface area contributed by atoms with Gasteiger partial charge in [-0.05, 0) is 18.2 Å². The van der Waals surface area contributed by atoms with Crippen molar-refractivity contribution in [1.29, 1.82) is 0 Å². The molecule has 1 aliphatic heterocycles. The largest absolute Gasteiger partial charge is 0.480 e. The van der Waals surface area contributed by atoms with Crippen molar-refractivity contribution in [2.75, 3.05) is 5.32 Å². The fourth-order valence-electron chi connectivity index (χ4n) is 2.61. The summed E-state index contributed by atoms with van der Waals surface area (Å²) >= 11 is 0. The van der Waals surface area contributed by atoms with E-state index < -0.39 is 11.6 Å². The van der Waals surface area contributed by atoms with Gasteiger partial charge in [-0.3, -0.25) is 14.3 Å². The quantitative estimate of drug-likeness (QED) is 0.720. The van der Waals surface area contributed by atoms with Gasteiger partial charge in [-0.1, -0.05) is 0 Å². The second-order valence-corrected chi connectivity index (χ2v) is 5.90. The fourth-order valence-corrected chi connectivity index (χ4v) is 2.61. The summed E-state index contributed by atoms with van der Waals surface area (Å²) in [4.78, 5) is 23.0. The average Bonchev–Trinajstić information content (AvgIpc) is 3.26. The van der Waals surface area contributed by atoms with Crippen LogP contribution in [0.1, 0.15) is 25.7 Å². The predicted octanol–water partition coefficient (Wildman–Crippen LogP) is 2.42. The Morgan fingerprint density at radius 1 is 1.32 bits per heavy atom. The first-order valence-electron chi connectivity index (χ1n) is 7.86. The van der Waals surface area contributed by atoms with Gasteiger partial charge in [0.1, 0.15) is 6.54 Å². The van der Waals surface area contributed by atoms with Crippen LogP contribution in [0, 0.1) is 12.3 Å². The molecule has 1 aromatic carbocycles. The minimum atomic E-state index is -0.978. The van der Waals surface area contributed by atoms with Crippen LogP contribution in [0.15, 0.2) is 34.6 Å². The summed E-state index contributed by atoms with van der Waals surface area (Å²) < 4.78 is 1.38. The van der Waals surface area contributed by atoms with Crippen molar-refractivity contribution < 1.29 is 14.7 Å². The number of carbonyl (C=O) groups is 2. The highest BCUT2D eigenvalue weighted by molar-refractivity contribution is 5.93. The first kappa shape index (κ1) is 16.6. The molecule has 0 unspecified atom stereocenters. The first-order valence-corrected chi connectivity index (χ1v) is 7.86. The summed E-state index contributed by atoms with van der Waals surface area (Å²) in [6.45, 7) is -0.235. The SMILES string of the molecule is C#CCCC1(CCC(=O)Nc2ccc3cnn(CC(=O)O)c3c2)N=N1. The molecule has 0 saturated carbocycles. The van der Waals surface area contributed by atoms with Crippen molar-refractivity contribution in [3.8, 4) is 12.3 Å². The van der Waals surface area contributed by atoms with Gasteiger partial charge in [0, 0.05) is 36.8 Å². The molecule has 0 saturated heterocycles. The number of nitrogens with zero attached hydrogens (tertiary/aromatic N) is 4. The number of carbonyl (C=O) groups excluding carboxylic acids is 1. The summed E-state index contributed by atoms with van der Waals surface area (Å²) in [6, 6.07) is 5.26. The number of benzene rings is 1. The summed E-state index contributed by atoms with van der Waals surface area (Å²) in [5.74, 6) is 1.42. The lowest BCUT2D eigenvalue weighted by atomic mass is 10.0. The Hall–Kier alpha value is -3.21. The van der Waals surface area contributed by atoms with Crippen LogP contribution < -0.4 is 5.32 Å². The number of aliphatic carboxylic acids is 1. The van der Waals surface area contributed by atoms with Gasteiger partial charge in [0.05, 0.1) is 11.7 Å². The number of carboxylic acids is 1. The van der Waals surface area contributed by atoms with E-state index >= 15 is 0 Å². The lowest BCUT2D eigenvalue weighted by molar-refractivity contribution is -0.137. The van der Waals surface area contributed by atoms with Crippen LogP contribution in [-0.2, 0) is 16.1 Å². The molecule has 2 N–H and O–H groups in total. The second-order valence-electron chi connectivity index (χ2n) is 5.90. The Morgan fingerprint density at radius 3 is 2.80 bits per heavy atom. The number of nitrogens with one attached hydrogen (secondary N) is 1. The topological polar surface area (TPSA) is 109 Å². The standard InChI is InChI=1S/C17H17N5O3/c1-2-3-7-17(20-21-17)8-6-15(23)19-13-5-4-12-10-18-22(11-16(24)25)14(12)9-13/h1,4-5,9-10H,3,6-8,11H2,(H,19,23)(H,24,25). The van der Waals surface area contributed by atoms with Gasteiger partial charge in [-0.25, -0.2) is 0 Å². The molecule has 0 aliphatic carbocycles. The molecule has 1 amide bonds. The van der Waals surface area contributed by atoms with Crippen LogP contribution in [-0.4, -0.2) is 32.4 Å². The predicted molar refractivity (Wildman–Crippen MR) is 90.9 cm³/mol. The normalized spacial score (nSPS) is 14.2. The van der Waals surface area contributed by atoms with E-state index in [1.54, 1.807) is 24.4 Å². The molecular weight excluding hydrogens is 322 g/mol. The minimum Gasteiger partial charge on any atom is -0.480 e. The molecule has 128 valence electrons. The summed E-state index contributed by atoms with van der Waals surface area (Å²) in [5.41, 5.74) is 0.762. The molecule has 1 aliphatic rings. The molecule has 0 radical (unpaired) electrons. The molecule has 0 bridgehead atoms. The van der Waals surface area contributed by atoms with Crippen LogP contribution in [0.2, 0.25) is 0 Å². The van der Waals surface area contributed by atoms with Gasteiger partial charge in [0.2, 0.25) is 5.91 Å². The maximum atomic E-state index is 12.1. The summed E-state index contributed by atoms with van der Waals surface area (Å²) in [7, 11) is 0. The van der Waals surface area contributed by atoms with E-state index in [1.807, 2.05) is 0 Å². The molecule has 8 nitrogen and oxygen atoms in total. The van der Waals surface area contributed by atoms with Gasteiger partial charge in [-0.15, -0.1) is 12.3 Å². The van der Waals surface area contributed by atoms with Crippen LogP contribution in [0.4, 0.5) is 5.69 Å². The number of rotatable bonds is 8. The van der Waals surface area contributed by atoms with Crippen molar-refractivity contribution in [1.82, 2.24) is 9.78 Å². The van der Waals surface area contributed by atoms with Gasteiger partial charge in [0.15, 0.2) is 5.66 Å². The monoisotopic (exact) mass is 339 g/mol. The van der Waals surface area contributed by atoms with Crippen molar-refractivity contribution >= 4 is 28.5 Å². The van der Waals surface area contributed by atoms with Crippen molar-refractivity contribution in [3.05, 3.63) is 24.4 Å². The zero-order valence-electron chi connectivity index (χ0n) is 13.5. The Bertz CT molecular complexity index is 887. The zero-order chi connectivity index (χ0) is 17.9.